The molecule has 0 bridgehead atoms. The summed E-state index contributed by atoms with van der Waals surface area (Å²) in [5.74, 6) is 0.00254. The number of ketones is 1. The Labute approximate surface area is 199 Å². The number of carbonyl (C=O) groups excluding carboxylic acids is 2. The molecule has 0 atom stereocenters. The van der Waals surface area contributed by atoms with Gasteiger partial charge in [-0.1, -0.05) is 30.3 Å². The second kappa shape index (κ2) is 10.7. The number of hydrogen-bond acceptors (Lipinski definition) is 5. The number of hydrogen-bond donors (Lipinski definition) is 2. The van der Waals surface area contributed by atoms with Crippen LogP contribution in [0.25, 0.3) is 0 Å². The number of anilines is 1. The van der Waals surface area contributed by atoms with E-state index in [1.807, 2.05) is 18.2 Å². The third kappa shape index (κ3) is 6.15. The number of nitrogens with zero attached hydrogens (tertiary/aromatic N) is 1. The molecule has 2 heterocycles. The highest BCUT2D eigenvalue weighted by molar-refractivity contribution is 7.89. The molecule has 0 fully saturated rings. The van der Waals surface area contributed by atoms with E-state index in [2.05, 4.69) is 15.0 Å². The van der Waals surface area contributed by atoms with Crippen LogP contribution in [0.2, 0.25) is 0 Å². The molecule has 3 aromatic rings. The fourth-order valence-corrected chi connectivity index (χ4v) is 4.98. The molecule has 2 N–H and O–H groups in total. The van der Waals surface area contributed by atoms with Gasteiger partial charge >= 0.3 is 0 Å². The van der Waals surface area contributed by atoms with Crippen molar-refractivity contribution in [3.63, 3.8) is 0 Å². The molecule has 1 amide bonds. The average molecular weight is 478 g/mol. The van der Waals surface area contributed by atoms with Crippen LogP contribution in [0.1, 0.15) is 52.9 Å². The number of amides is 1. The first-order chi connectivity index (χ1) is 16.4. The summed E-state index contributed by atoms with van der Waals surface area (Å²) in [6.45, 7) is 0.115. The van der Waals surface area contributed by atoms with E-state index in [1.165, 1.54) is 6.07 Å². The molecule has 0 unspecified atom stereocenters. The van der Waals surface area contributed by atoms with Gasteiger partial charge in [0.25, 0.3) is 0 Å². The number of benzene rings is 2. The maximum Gasteiger partial charge on any atom is 0.240 e. The first-order valence-corrected chi connectivity index (χ1v) is 12.8. The summed E-state index contributed by atoms with van der Waals surface area (Å²) in [7, 11) is -3.72. The molecule has 7 nitrogen and oxygen atoms in total. The standard InChI is InChI=1S/C26H27N3O4S/c30-25(8-4-7-22-6-1-2-16-27-22)20-12-10-19(11-13-20)18-28-34(32,33)23-14-15-24-21(17-23)5-3-9-26(31)29-24/h1-2,6,10-17,28H,3-5,7-9,18H2,(H,29,31). The molecule has 1 aromatic heterocycles. The smallest absolute Gasteiger partial charge is 0.240 e. The van der Waals surface area contributed by atoms with Gasteiger partial charge in [-0.05, 0) is 67.1 Å². The van der Waals surface area contributed by atoms with E-state index < -0.39 is 10.0 Å². The zero-order chi connectivity index (χ0) is 24.0. The van der Waals surface area contributed by atoms with Crippen LogP contribution in [-0.4, -0.2) is 25.1 Å². The highest BCUT2D eigenvalue weighted by Gasteiger charge is 2.19. The molecule has 0 radical (unpaired) electrons. The number of pyridine rings is 1. The Kier molecular flexibility index (Phi) is 7.49. The van der Waals surface area contributed by atoms with E-state index in [1.54, 1.807) is 42.6 Å². The van der Waals surface area contributed by atoms with Gasteiger partial charge in [-0.15, -0.1) is 0 Å². The highest BCUT2D eigenvalue weighted by atomic mass is 32.2. The fourth-order valence-electron chi connectivity index (χ4n) is 3.91. The Morgan fingerprint density at radius 3 is 2.62 bits per heavy atom. The Morgan fingerprint density at radius 2 is 1.85 bits per heavy atom. The molecule has 2 aromatic carbocycles. The van der Waals surface area contributed by atoms with Gasteiger partial charge in [0.05, 0.1) is 4.90 Å². The third-order valence-electron chi connectivity index (χ3n) is 5.82. The maximum absolute atomic E-state index is 12.8. The summed E-state index contributed by atoms with van der Waals surface area (Å²) in [6, 6.07) is 17.5. The number of nitrogens with one attached hydrogen (secondary N) is 2. The average Bonchev–Trinajstić information content (AvgIpc) is 3.03. The minimum atomic E-state index is -3.72. The number of carbonyl (C=O) groups is 2. The van der Waals surface area contributed by atoms with Crippen LogP contribution < -0.4 is 10.0 Å². The Hall–Kier alpha value is -3.36. The van der Waals surface area contributed by atoms with E-state index in [0.29, 0.717) is 36.9 Å². The van der Waals surface area contributed by atoms with E-state index in [-0.39, 0.29) is 23.1 Å². The largest absolute Gasteiger partial charge is 0.326 e. The molecule has 4 rings (SSSR count). The van der Waals surface area contributed by atoms with Crippen LogP contribution in [0.15, 0.2) is 71.8 Å². The second-order valence-electron chi connectivity index (χ2n) is 8.34. The van der Waals surface area contributed by atoms with Gasteiger partial charge in [0.1, 0.15) is 0 Å². The predicted octanol–water partition coefficient (Wildman–Crippen LogP) is 4.04. The minimum Gasteiger partial charge on any atom is -0.326 e. The Morgan fingerprint density at radius 1 is 1.03 bits per heavy atom. The van der Waals surface area contributed by atoms with Gasteiger partial charge in [-0.25, -0.2) is 13.1 Å². The second-order valence-corrected chi connectivity index (χ2v) is 10.1. The Bertz CT molecular complexity index is 1270. The van der Waals surface area contributed by atoms with E-state index in [4.69, 9.17) is 0 Å². The molecule has 0 aliphatic carbocycles. The molecule has 1 aliphatic rings. The summed E-state index contributed by atoms with van der Waals surface area (Å²) in [5, 5.41) is 2.81. The lowest BCUT2D eigenvalue weighted by atomic mass is 10.0. The summed E-state index contributed by atoms with van der Waals surface area (Å²) in [6.07, 6.45) is 5.41. The molecular formula is C26H27N3O4S. The molecule has 34 heavy (non-hydrogen) atoms. The fraction of sp³-hybridized carbons (Fsp3) is 0.269. The normalized spacial score (nSPS) is 13.6. The molecule has 8 heteroatoms. The van der Waals surface area contributed by atoms with Crippen LogP contribution >= 0.6 is 0 Å². The summed E-state index contributed by atoms with van der Waals surface area (Å²) >= 11 is 0. The van der Waals surface area contributed by atoms with Gasteiger partial charge in [0.2, 0.25) is 15.9 Å². The van der Waals surface area contributed by atoms with Gasteiger partial charge in [-0.2, -0.15) is 0 Å². The quantitative estimate of drug-likeness (QED) is 0.453. The summed E-state index contributed by atoms with van der Waals surface area (Å²) in [4.78, 5) is 28.6. The number of aromatic nitrogens is 1. The van der Waals surface area contributed by atoms with Gasteiger partial charge in [0.15, 0.2) is 5.78 Å². The predicted molar refractivity (Wildman–Crippen MR) is 130 cm³/mol. The SMILES string of the molecule is O=C1CCCc2cc(S(=O)(=O)NCc3ccc(C(=O)CCCc4ccccn4)cc3)ccc2N1. The van der Waals surface area contributed by atoms with Crippen LogP contribution in [-0.2, 0) is 34.2 Å². The number of Topliss-reactive ketones (excluding diaryl/α,β-unsaturated/α-hetero) is 1. The van der Waals surface area contributed by atoms with Crippen molar-refractivity contribution in [2.75, 3.05) is 5.32 Å². The number of aryl methyl sites for hydroxylation is 2. The van der Waals surface area contributed by atoms with E-state index in [0.717, 1.165) is 29.7 Å². The maximum atomic E-state index is 12.8. The lowest BCUT2D eigenvalue weighted by molar-refractivity contribution is -0.116. The molecule has 0 spiro atoms. The lowest BCUT2D eigenvalue weighted by Gasteiger charge is -2.11. The number of rotatable bonds is 9. The minimum absolute atomic E-state index is 0.0531. The zero-order valence-corrected chi connectivity index (χ0v) is 19.6. The van der Waals surface area contributed by atoms with Crippen molar-refractivity contribution in [3.8, 4) is 0 Å². The van der Waals surface area contributed by atoms with Crippen molar-refractivity contribution >= 4 is 27.4 Å². The van der Waals surface area contributed by atoms with Crippen molar-refractivity contribution in [2.45, 2.75) is 50.0 Å². The molecule has 176 valence electrons. The topological polar surface area (TPSA) is 105 Å². The van der Waals surface area contributed by atoms with Crippen molar-refractivity contribution in [1.29, 1.82) is 0 Å². The third-order valence-corrected chi connectivity index (χ3v) is 7.22. The monoisotopic (exact) mass is 477 g/mol. The summed E-state index contributed by atoms with van der Waals surface area (Å²) < 4.78 is 28.2. The van der Waals surface area contributed by atoms with Crippen molar-refractivity contribution in [1.82, 2.24) is 9.71 Å². The van der Waals surface area contributed by atoms with Crippen LogP contribution in [0.4, 0.5) is 5.69 Å². The van der Waals surface area contributed by atoms with Gasteiger partial charge < -0.3 is 5.32 Å². The van der Waals surface area contributed by atoms with Crippen LogP contribution in [0.5, 0.6) is 0 Å². The molecule has 0 saturated heterocycles. The molecule has 0 saturated carbocycles. The number of sulfonamides is 1. The highest BCUT2D eigenvalue weighted by Crippen LogP contribution is 2.25. The van der Waals surface area contributed by atoms with Crippen LogP contribution in [0, 0.1) is 0 Å². The zero-order valence-electron chi connectivity index (χ0n) is 18.8. The first kappa shape index (κ1) is 23.8. The molecular weight excluding hydrogens is 450 g/mol. The molecule has 1 aliphatic heterocycles. The Balaban J connectivity index is 1.32. The van der Waals surface area contributed by atoms with Crippen LogP contribution in [0.3, 0.4) is 0 Å². The van der Waals surface area contributed by atoms with E-state index in [9.17, 15) is 18.0 Å². The summed E-state index contributed by atoms with van der Waals surface area (Å²) in [5.41, 5.74) is 3.83. The van der Waals surface area contributed by atoms with Crippen molar-refractivity contribution in [2.24, 2.45) is 0 Å². The first-order valence-electron chi connectivity index (χ1n) is 11.4. The van der Waals surface area contributed by atoms with Gasteiger partial charge in [0, 0.05) is 42.5 Å². The van der Waals surface area contributed by atoms with Crippen molar-refractivity contribution < 1.29 is 18.0 Å². The lowest BCUT2D eigenvalue weighted by Crippen LogP contribution is -2.23. The van der Waals surface area contributed by atoms with E-state index >= 15 is 0 Å². The van der Waals surface area contributed by atoms with Crippen molar-refractivity contribution in [3.05, 3.63) is 89.2 Å². The van der Waals surface area contributed by atoms with Gasteiger partial charge in [-0.3, -0.25) is 14.6 Å². The number of fused-ring (bicyclic) bond motifs is 1.